The van der Waals surface area contributed by atoms with Gasteiger partial charge in [0, 0.05) is 36.7 Å². The number of aromatic nitrogens is 6. The third kappa shape index (κ3) is 4.04. The first-order valence-corrected chi connectivity index (χ1v) is 10.6. The molecule has 5 rings (SSSR count). The van der Waals surface area contributed by atoms with E-state index < -0.39 is 0 Å². The van der Waals surface area contributed by atoms with Crippen molar-refractivity contribution in [1.29, 1.82) is 0 Å². The van der Waals surface area contributed by atoms with Gasteiger partial charge in [0.1, 0.15) is 13.2 Å². The molecule has 0 aliphatic rings. The third-order valence-electron chi connectivity index (χ3n) is 5.09. The summed E-state index contributed by atoms with van der Waals surface area (Å²) in [5.41, 5.74) is 2.20. The molecule has 4 aromatic heterocycles. The van der Waals surface area contributed by atoms with E-state index in [1.807, 2.05) is 31.2 Å². The topological polar surface area (TPSA) is 130 Å². The minimum absolute atomic E-state index is 0.164. The van der Waals surface area contributed by atoms with E-state index in [1.54, 1.807) is 29.8 Å². The molecule has 1 amide bonds. The lowest BCUT2D eigenvalue weighted by Gasteiger charge is -2.10. The van der Waals surface area contributed by atoms with Crippen LogP contribution in [0, 0.1) is 0 Å². The average Bonchev–Trinajstić information content (AvgIpc) is 3.50. The molecule has 0 bridgehead atoms. The van der Waals surface area contributed by atoms with E-state index >= 15 is 0 Å². The molecular weight excluding hydrogens is 438 g/mol. The van der Waals surface area contributed by atoms with Crippen molar-refractivity contribution in [1.82, 2.24) is 35.3 Å². The van der Waals surface area contributed by atoms with Crippen molar-refractivity contribution in [3.05, 3.63) is 65.7 Å². The molecule has 0 fully saturated rings. The molecule has 172 valence electrons. The molecule has 0 unspecified atom stereocenters. The molecule has 0 spiro atoms. The maximum Gasteiger partial charge on any atom is 0.252 e. The van der Waals surface area contributed by atoms with Crippen molar-refractivity contribution < 1.29 is 18.8 Å². The Kier molecular flexibility index (Phi) is 5.83. The van der Waals surface area contributed by atoms with Crippen LogP contribution in [0.4, 0.5) is 0 Å². The molecule has 0 aliphatic heterocycles. The van der Waals surface area contributed by atoms with Gasteiger partial charge in [0.05, 0.1) is 11.3 Å². The van der Waals surface area contributed by atoms with Gasteiger partial charge < -0.3 is 19.3 Å². The van der Waals surface area contributed by atoms with Crippen molar-refractivity contribution in [2.24, 2.45) is 0 Å². The van der Waals surface area contributed by atoms with Crippen molar-refractivity contribution >= 4 is 22.3 Å². The second-order valence-electron chi connectivity index (χ2n) is 7.41. The van der Waals surface area contributed by atoms with Gasteiger partial charge in [-0.15, -0.1) is 15.3 Å². The predicted molar refractivity (Wildman–Crippen MR) is 121 cm³/mol. The van der Waals surface area contributed by atoms with E-state index in [0.717, 1.165) is 10.8 Å². The zero-order valence-electron chi connectivity index (χ0n) is 18.6. The number of hydrogen-bond acceptors (Lipinski definition) is 9. The summed E-state index contributed by atoms with van der Waals surface area (Å²) in [6, 6.07) is 12.8. The Morgan fingerprint density at radius 1 is 1.12 bits per heavy atom. The van der Waals surface area contributed by atoms with Gasteiger partial charge in [-0.3, -0.25) is 9.78 Å². The Bertz CT molecular complexity index is 1460. The minimum atomic E-state index is -0.165. The number of fused-ring (bicyclic) bond motifs is 3. The van der Waals surface area contributed by atoms with Crippen LogP contribution in [0.3, 0.4) is 0 Å². The van der Waals surface area contributed by atoms with E-state index in [4.69, 9.17) is 14.0 Å². The first kappa shape index (κ1) is 21.5. The maximum atomic E-state index is 11.9. The van der Waals surface area contributed by atoms with Gasteiger partial charge in [-0.25, -0.2) is 0 Å². The smallest absolute Gasteiger partial charge is 0.252 e. The van der Waals surface area contributed by atoms with E-state index in [2.05, 4.69) is 30.8 Å². The van der Waals surface area contributed by atoms with E-state index in [1.165, 1.54) is 6.20 Å². The summed E-state index contributed by atoms with van der Waals surface area (Å²) in [5, 5.41) is 21.6. The molecule has 0 aliphatic carbocycles. The fraction of sp³-hybridized carbons (Fsp3) is 0.217. The normalized spacial score (nSPS) is 11.2. The summed E-state index contributed by atoms with van der Waals surface area (Å²) in [7, 11) is 1.58. The SMILES string of the molecule is CCNC(=O)c1ccc(COc2nn3c(-c4cc(COC)on4)nnc3c3ccccc23)nc1. The highest BCUT2D eigenvalue weighted by Gasteiger charge is 2.19. The number of hydrogen-bond donors (Lipinski definition) is 1. The Morgan fingerprint density at radius 2 is 1.97 bits per heavy atom. The summed E-state index contributed by atoms with van der Waals surface area (Å²) in [4.78, 5) is 16.3. The van der Waals surface area contributed by atoms with Crippen LogP contribution >= 0.6 is 0 Å². The van der Waals surface area contributed by atoms with Crippen LogP contribution in [0.2, 0.25) is 0 Å². The van der Waals surface area contributed by atoms with E-state index in [9.17, 15) is 4.79 Å². The molecule has 1 N–H and O–H groups in total. The second kappa shape index (κ2) is 9.24. The van der Waals surface area contributed by atoms with Gasteiger partial charge in [0.2, 0.25) is 11.7 Å². The number of carbonyl (C=O) groups excluding carboxylic acids is 1. The lowest BCUT2D eigenvalue weighted by atomic mass is 10.2. The average molecular weight is 459 g/mol. The molecule has 5 aromatic rings. The number of nitrogens with zero attached hydrogens (tertiary/aromatic N) is 6. The van der Waals surface area contributed by atoms with Gasteiger partial charge in [0.15, 0.2) is 17.1 Å². The number of pyridine rings is 1. The highest BCUT2D eigenvalue weighted by molar-refractivity contribution is 5.97. The van der Waals surface area contributed by atoms with Crippen LogP contribution in [0.15, 0.2) is 53.2 Å². The van der Waals surface area contributed by atoms with Gasteiger partial charge in [-0.05, 0) is 25.1 Å². The van der Waals surface area contributed by atoms with Crippen LogP contribution < -0.4 is 10.1 Å². The van der Waals surface area contributed by atoms with Crippen molar-refractivity contribution in [2.75, 3.05) is 13.7 Å². The lowest BCUT2D eigenvalue weighted by molar-refractivity contribution is 0.0955. The van der Waals surface area contributed by atoms with Crippen LogP contribution in [-0.2, 0) is 18.0 Å². The Balaban J connectivity index is 1.48. The Labute approximate surface area is 193 Å². The molecule has 11 heteroatoms. The molecule has 0 radical (unpaired) electrons. The van der Waals surface area contributed by atoms with E-state index in [-0.39, 0.29) is 12.5 Å². The van der Waals surface area contributed by atoms with Gasteiger partial charge >= 0.3 is 0 Å². The molecule has 1 aromatic carbocycles. The second-order valence-corrected chi connectivity index (χ2v) is 7.41. The van der Waals surface area contributed by atoms with Gasteiger partial charge in [-0.2, -0.15) is 4.52 Å². The zero-order valence-corrected chi connectivity index (χ0v) is 18.6. The number of nitrogens with one attached hydrogen (secondary N) is 1. The number of rotatable bonds is 8. The highest BCUT2D eigenvalue weighted by Crippen LogP contribution is 2.29. The van der Waals surface area contributed by atoms with Crippen molar-refractivity contribution in [2.45, 2.75) is 20.1 Å². The van der Waals surface area contributed by atoms with Crippen LogP contribution in [0.25, 0.3) is 27.9 Å². The summed E-state index contributed by atoms with van der Waals surface area (Å²) >= 11 is 0. The summed E-state index contributed by atoms with van der Waals surface area (Å²) < 4.78 is 18.0. The fourth-order valence-electron chi connectivity index (χ4n) is 3.50. The first-order valence-electron chi connectivity index (χ1n) is 10.6. The summed E-state index contributed by atoms with van der Waals surface area (Å²) in [5.74, 6) is 1.20. The number of ether oxygens (including phenoxy) is 2. The standard InChI is InChI=1S/C23H21N7O4/c1-3-24-22(31)14-8-9-15(25-11-14)12-33-23-18-7-5-4-6-17(18)20-26-27-21(30(20)28-23)19-10-16(13-32-2)34-29-19/h4-11H,3,12-13H2,1-2H3,(H,24,31). The summed E-state index contributed by atoms with van der Waals surface area (Å²) in [6.07, 6.45) is 1.53. The largest absolute Gasteiger partial charge is 0.470 e. The molecule has 4 heterocycles. The third-order valence-corrected chi connectivity index (χ3v) is 5.09. The number of carbonyl (C=O) groups is 1. The van der Waals surface area contributed by atoms with Gasteiger partial charge in [0.25, 0.3) is 5.91 Å². The fourth-order valence-corrected chi connectivity index (χ4v) is 3.50. The van der Waals surface area contributed by atoms with Crippen LogP contribution in [-0.4, -0.2) is 49.5 Å². The molecular formula is C23H21N7O4. The van der Waals surface area contributed by atoms with Crippen molar-refractivity contribution in [3.8, 4) is 17.4 Å². The minimum Gasteiger partial charge on any atom is -0.470 e. The molecule has 34 heavy (non-hydrogen) atoms. The molecule has 0 atom stereocenters. The molecule has 0 saturated carbocycles. The van der Waals surface area contributed by atoms with Crippen molar-refractivity contribution in [3.63, 3.8) is 0 Å². The highest BCUT2D eigenvalue weighted by atomic mass is 16.5. The Morgan fingerprint density at radius 3 is 2.74 bits per heavy atom. The molecule has 0 saturated heterocycles. The summed E-state index contributed by atoms with van der Waals surface area (Å²) in [6.45, 7) is 2.88. The maximum absolute atomic E-state index is 11.9. The zero-order chi connectivity index (χ0) is 23.5. The lowest BCUT2D eigenvalue weighted by Crippen LogP contribution is -2.22. The number of methoxy groups -OCH3 is 1. The molecule has 11 nitrogen and oxygen atoms in total. The Hall–Kier alpha value is -4.38. The van der Waals surface area contributed by atoms with Gasteiger partial charge in [-0.1, -0.05) is 23.4 Å². The predicted octanol–water partition coefficient (Wildman–Crippen LogP) is 2.80. The quantitative estimate of drug-likeness (QED) is 0.372. The first-order chi connectivity index (χ1) is 16.7. The number of amides is 1. The number of benzene rings is 1. The van der Waals surface area contributed by atoms with Crippen LogP contribution in [0.5, 0.6) is 5.88 Å². The van der Waals surface area contributed by atoms with E-state index in [0.29, 0.717) is 53.2 Å². The monoisotopic (exact) mass is 459 g/mol. The van der Waals surface area contributed by atoms with Crippen LogP contribution in [0.1, 0.15) is 28.7 Å².